The molecule has 0 aliphatic heterocycles. The minimum Gasteiger partial charge on any atom is -0.496 e. The molecule has 2 N–H and O–H groups in total. The van der Waals surface area contributed by atoms with Crippen LogP contribution >= 0.6 is 0 Å². The molecule has 1 saturated carbocycles. The molecule has 0 spiro atoms. The molecule has 0 heterocycles. The normalized spacial score (nSPS) is 21.6. The van der Waals surface area contributed by atoms with Gasteiger partial charge in [-0.2, -0.15) is 0 Å². The molecule has 100 valence electrons. The lowest BCUT2D eigenvalue weighted by Gasteiger charge is -2.41. The zero-order chi connectivity index (χ0) is 13.2. The first kappa shape index (κ1) is 13.4. The minimum absolute atomic E-state index is 0.0514. The number of para-hydroxylation sites is 1. The van der Waals surface area contributed by atoms with Crippen LogP contribution in [-0.4, -0.2) is 12.6 Å². The van der Waals surface area contributed by atoms with Gasteiger partial charge in [0.2, 0.25) is 0 Å². The molecule has 0 amide bonds. The van der Waals surface area contributed by atoms with E-state index in [1.807, 2.05) is 12.1 Å². The van der Waals surface area contributed by atoms with Crippen LogP contribution in [0.1, 0.15) is 45.1 Å². The highest BCUT2D eigenvalue weighted by molar-refractivity contribution is 5.34. The van der Waals surface area contributed by atoms with Gasteiger partial charge >= 0.3 is 0 Å². The number of benzene rings is 1. The molecule has 2 rings (SSSR count). The molecule has 2 nitrogen and oxygen atoms in total. The van der Waals surface area contributed by atoms with E-state index in [1.165, 1.54) is 18.4 Å². The second-order valence-electron chi connectivity index (χ2n) is 6.52. The van der Waals surface area contributed by atoms with E-state index in [-0.39, 0.29) is 5.54 Å². The topological polar surface area (TPSA) is 35.2 Å². The van der Waals surface area contributed by atoms with Crippen LogP contribution < -0.4 is 10.5 Å². The van der Waals surface area contributed by atoms with Crippen molar-refractivity contribution in [2.24, 2.45) is 11.1 Å². The van der Waals surface area contributed by atoms with E-state index in [0.29, 0.717) is 5.41 Å². The third-order valence-corrected chi connectivity index (χ3v) is 4.33. The first-order chi connectivity index (χ1) is 8.44. The van der Waals surface area contributed by atoms with Gasteiger partial charge in [-0.1, -0.05) is 32.0 Å². The summed E-state index contributed by atoms with van der Waals surface area (Å²) in [7, 11) is 1.73. The molecule has 0 atom stereocenters. The molecule has 0 saturated heterocycles. The second kappa shape index (κ2) is 4.93. The summed E-state index contributed by atoms with van der Waals surface area (Å²) in [6, 6.07) is 8.22. The van der Waals surface area contributed by atoms with Gasteiger partial charge in [-0.25, -0.2) is 0 Å². The Morgan fingerprint density at radius 1 is 1.11 bits per heavy atom. The Morgan fingerprint density at radius 2 is 1.72 bits per heavy atom. The van der Waals surface area contributed by atoms with Gasteiger partial charge in [0, 0.05) is 5.54 Å². The standard InChI is InChI=1S/C16H25NO/c1-15(2)8-10-16(17,11-9-15)12-13-6-4-5-7-14(13)18-3/h4-7H,8-12,17H2,1-3H3. The first-order valence-electron chi connectivity index (χ1n) is 6.85. The van der Waals surface area contributed by atoms with Crippen LogP contribution in [0.2, 0.25) is 0 Å². The number of ether oxygens (including phenoxy) is 1. The van der Waals surface area contributed by atoms with Gasteiger partial charge < -0.3 is 10.5 Å². The minimum atomic E-state index is -0.0514. The van der Waals surface area contributed by atoms with Crippen molar-refractivity contribution in [3.8, 4) is 5.75 Å². The summed E-state index contributed by atoms with van der Waals surface area (Å²) in [5, 5.41) is 0. The fourth-order valence-corrected chi connectivity index (χ4v) is 2.83. The van der Waals surface area contributed by atoms with Crippen molar-refractivity contribution in [2.45, 2.75) is 51.5 Å². The van der Waals surface area contributed by atoms with Gasteiger partial charge in [0.15, 0.2) is 0 Å². The van der Waals surface area contributed by atoms with Gasteiger partial charge in [0.25, 0.3) is 0 Å². The summed E-state index contributed by atoms with van der Waals surface area (Å²) in [5.41, 5.74) is 8.23. The number of hydrogen-bond acceptors (Lipinski definition) is 2. The van der Waals surface area contributed by atoms with Gasteiger partial charge in [0.1, 0.15) is 5.75 Å². The lowest BCUT2D eigenvalue weighted by atomic mass is 9.68. The van der Waals surface area contributed by atoms with E-state index in [0.717, 1.165) is 25.0 Å². The Kier molecular flexibility index (Phi) is 3.67. The van der Waals surface area contributed by atoms with E-state index >= 15 is 0 Å². The molecule has 1 aromatic rings. The average Bonchev–Trinajstić information content (AvgIpc) is 2.34. The third kappa shape index (κ3) is 3.05. The highest BCUT2D eigenvalue weighted by atomic mass is 16.5. The van der Waals surface area contributed by atoms with Crippen molar-refractivity contribution in [3.05, 3.63) is 29.8 Å². The number of nitrogens with two attached hydrogens (primary N) is 1. The summed E-state index contributed by atoms with van der Waals surface area (Å²) < 4.78 is 5.42. The van der Waals surface area contributed by atoms with Crippen molar-refractivity contribution in [2.75, 3.05) is 7.11 Å². The molecule has 0 radical (unpaired) electrons. The average molecular weight is 247 g/mol. The summed E-state index contributed by atoms with van der Waals surface area (Å²) in [6.07, 6.45) is 5.58. The SMILES string of the molecule is COc1ccccc1CC1(N)CCC(C)(C)CC1. The summed E-state index contributed by atoms with van der Waals surface area (Å²) in [6.45, 7) is 4.69. The largest absolute Gasteiger partial charge is 0.496 e. The smallest absolute Gasteiger partial charge is 0.122 e. The van der Waals surface area contributed by atoms with E-state index in [9.17, 15) is 0 Å². The summed E-state index contributed by atoms with van der Waals surface area (Å²) >= 11 is 0. The Balaban J connectivity index is 2.09. The molecule has 2 heteroatoms. The van der Waals surface area contributed by atoms with Crippen LogP contribution in [0.4, 0.5) is 0 Å². The molecule has 1 aromatic carbocycles. The van der Waals surface area contributed by atoms with Crippen LogP contribution in [0, 0.1) is 5.41 Å². The molecular formula is C16H25NO. The van der Waals surface area contributed by atoms with Crippen LogP contribution in [0.25, 0.3) is 0 Å². The highest BCUT2D eigenvalue weighted by Gasteiger charge is 2.35. The zero-order valence-electron chi connectivity index (χ0n) is 11.8. The Bertz CT molecular complexity index is 401. The van der Waals surface area contributed by atoms with Crippen molar-refractivity contribution >= 4 is 0 Å². The van der Waals surface area contributed by atoms with Crippen molar-refractivity contribution in [1.29, 1.82) is 0 Å². The lowest BCUT2D eigenvalue weighted by molar-refractivity contribution is 0.164. The maximum Gasteiger partial charge on any atom is 0.122 e. The molecule has 0 aromatic heterocycles. The quantitative estimate of drug-likeness (QED) is 0.886. The van der Waals surface area contributed by atoms with Crippen LogP contribution in [0.15, 0.2) is 24.3 Å². The Hall–Kier alpha value is -1.02. The molecular weight excluding hydrogens is 222 g/mol. The molecule has 1 fully saturated rings. The second-order valence-corrected chi connectivity index (χ2v) is 6.52. The van der Waals surface area contributed by atoms with E-state index in [4.69, 9.17) is 10.5 Å². The van der Waals surface area contributed by atoms with Crippen LogP contribution in [0.3, 0.4) is 0 Å². The van der Waals surface area contributed by atoms with Crippen LogP contribution in [0.5, 0.6) is 5.75 Å². The predicted molar refractivity (Wildman–Crippen MR) is 75.9 cm³/mol. The van der Waals surface area contributed by atoms with Crippen molar-refractivity contribution in [3.63, 3.8) is 0 Å². The number of hydrogen-bond donors (Lipinski definition) is 1. The lowest BCUT2D eigenvalue weighted by Crippen LogP contribution is -2.46. The first-order valence-corrected chi connectivity index (χ1v) is 6.85. The van der Waals surface area contributed by atoms with Crippen LogP contribution in [-0.2, 0) is 6.42 Å². The zero-order valence-corrected chi connectivity index (χ0v) is 11.8. The maximum atomic E-state index is 6.58. The summed E-state index contributed by atoms with van der Waals surface area (Å²) in [4.78, 5) is 0. The monoisotopic (exact) mass is 247 g/mol. The van der Waals surface area contributed by atoms with Gasteiger partial charge in [-0.15, -0.1) is 0 Å². The van der Waals surface area contributed by atoms with E-state index in [2.05, 4.69) is 26.0 Å². The Labute approximate surface area is 111 Å². The molecule has 1 aliphatic rings. The highest BCUT2D eigenvalue weighted by Crippen LogP contribution is 2.41. The van der Waals surface area contributed by atoms with E-state index in [1.54, 1.807) is 7.11 Å². The predicted octanol–water partition coefficient (Wildman–Crippen LogP) is 3.54. The molecule has 18 heavy (non-hydrogen) atoms. The fraction of sp³-hybridized carbons (Fsp3) is 0.625. The van der Waals surface area contributed by atoms with Crippen molar-refractivity contribution in [1.82, 2.24) is 0 Å². The number of methoxy groups -OCH3 is 1. The Morgan fingerprint density at radius 3 is 2.33 bits per heavy atom. The van der Waals surface area contributed by atoms with E-state index < -0.39 is 0 Å². The van der Waals surface area contributed by atoms with Gasteiger partial charge in [-0.3, -0.25) is 0 Å². The molecule has 1 aliphatic carbocycles. The summed E-state index contributed by atoms with van der Waals surface area (Å²) in [5.74, 6) is 0.965. The third-order valence-electron chi connectivity index (χ3n) is 4.33. The van der Waals surface area contributed by atoms with Gasteiger partial charge in [0.05, 0.1) is 7.11 Å². The fourth-order valence-electron chi connectivity index (χ4n) is 2.83. The van der Waals surface area contributed by atoms with Gasteiger partial charge in [-0.05, 0) is 49.1 Å². The number of rotatable bonds is 3. The molecule has 0 unspecified atom stereocenters. The molecule has 0 bridgehead atoms. The van der Waals surface area contributed by atoms with Crippen molar-refractivity contribution < 1.29 is 4.74 Å². The maximum absolute atomic E-state index is 6.58.